The largest absolute Gasteiger partial charge is 0.342 e. The van der Waals surface area contributed by atoms with Gasteiger partial charge in [0.1, 0.15) is 0 Å². The minimum atomic E-state index is 0.146. The summed E-state index contributed by atoms with van der Waals surface area (Å²) in [6.45, 7) is 1.05. The lowest BCUT2D eigenvalue weighted by Crippen LogP contribution is -2.37. The smallest absolute Gasteiger partial charge is 0.236 e. The third-order valence-electron chi connectivity index (χ3n) is 2.69. The maximum absolute atomic E-state index is 11.6. The number of carbonyl (C=O) groups excluding carboxylic acids is 1. The first-order valence-electron chi connectivity index (χ1n) is 5.49. The second-order valence-electron chi connectivity index (χ2n) is 4.00. The minimum Gasteiger partial charge on any atom is -0.342 e. The van der Waals surface area contributed by atoms with Crippen LogP contribution in [0.15, 0.2) is 10.9 Å². The lowest BCUT2D eigenvalue weighted by Gasteiger charge is -2.16. The average Bonchev–Trinajstić information content (AvgIpc) is 3.01. The van der Waals surface area contributed by atoms with E-state index in [1.54, 1.807) is 0 Å². The fourth-order valence-corrected chi connectivity index (χ4v) is 1.49. The summed E-state index contributed by atoms with van der Waals surface area (Å²) in [5, 5.41) is 6.57. The summed E-state index contributed by atoms with van der Waals surface area (Å²) in [5.41, 5.74) is 0. The van der Waals surface area contributed by atoms with Crippen LogP contribution in [-0.2, 0) is 11.2 Å². The molecule has 0 unspecified atom stereocenters. The zero-order chi connectivity index (χ0) is 11.4. The van der Waals surface area contributed by atoms with Gasteiger partial charge in [-0.1, -0.05) is 5.16 Å². The molecule has 1 aromatic rings. The summed E-state index contributed by atoms with van der Waals surface area (Å²) in [5.74, 6) is 0.739. The molecule has 0 spiro atoms. The van der Waals surface area contributed by atoms with E-state index < -0.39 is 0 Å². The highest BCUT2D eigenvalue weighted by molar-refractivity contribution is 5.78. The number of aromatic nitrogens is 2. The normalized spacial score (nSPS) is 15.1. The van der Waals surface area contributed by atoms with Crippen molar-refractivity contribution in [3.63, 3.8) is 0 Å². The van der Waals surface area contributed by atoms with Crippen LogP contribution in [0.5, 0.6) is 0 Å². The maximum atomic E-state index is 11.6. The zero-order valence-corrected chi connectivity index (χ0v) is 9.35. The molecular weight excluding hydrogens is 208 g/mol. The van der Waals surface area contributed by atoms with Gasteiger partial charge >= 0.3 is 0 Å². The van der Waals surface area contributed by atoms with Crippen molar-refractivity contribution in [3.05, 3.63) is 12.2 Å². The van der Waals surface area contributed by atoms with Crippen molar-refractivity contribution in [3.8, 4) is 0 Å². The molecule has 2 rings (SSSR count). The van der Waals surface area contributed by atoms with Crippen molar-refractivity contribution in [2.24, 2.45) is 0 Å². The molecule has 0 radical (unpaired) electrons. The third kappa shape index (κ3) is 3.03. The van der Waals surface area contributed by atoms with E-state index in [1.807, 2.05) is 11.9 Å². The van der Waals surface area contributed by atoms with Gasteiger partial charge in [-0.15, -0.1) is 0 Å². The Morgan fingerprint density at radius 3 is 3.12 bits per heavy atom. The Kier molecular flexibility index (Phi) is 3.51. The van der Waals surface area contributed by atoms with Gasteiger partial charge in [-0.3, -0.25) is 4.79 Å². The summed E-state index contributed by atoms with van der Waals surface area (Å²) in [4.78, 5) is 17.3. The molecule has 1 N–H and O–H groups in total. The van der Waals surface area contributed by atoms with Gasteiger partial charge in [0.05, 0.1) is 6.54 Å². The molecule has 88 valence electrons. The first-order valence-corrected chi connectivity index (χ1v) is 5.49. The van der Waals surface area contributed by atoms with Gasteiger partial charge in [0.2, 0.25) is 11.8 Å². The molecule has 1 fully saturated rings. The van der Waals surface area contributed by atoms with E-state index in [4.69, 9.17) is 4.52 Å². The number of hydrogen-bond donors (Lipinski definition) is 1. The van der Waals surface area contributed by atoms with E-state index in [-0.39, 0.29) is 5.91 Å². The number of amides is 1. The molecule has 6 heteroatoms. The molecule has 1 aliphatic rings. The lowest BCUT2D eigenvalue weighted by atomic mass is 10.4. The lowest BCUT2D eigenvalue weighted by molar-refractivity contribution is -0.129. The van der Waals surface area contributed by atoms with E-state index >= 15 is 0 Å². The Hall–Kier alpha value is -1.43. The monoisotopic (exact) mass is 224 g/mol. The molecule has 1 saturated carbocycles. The maximum Gasteiger partial charge on any atom is 0.236 e. The first kappa shape index (κ1) is 11.1. The Morgan fingerprint density at radius 1 is 1.69 bits per heavy atom. The van der Waals surface area contributed by atoms with Crippen molar-refractivity contribution >= 4 is 5.91 Å². The molecule has 1 amide bonds. The summed E-state index contributed by atoms with van der Waals surface area (Å²) in [6, 6.07) is 0.477. The Morgan fingerprint density at radius 2 is 2.50 bits per heavy atom. The van der Waals surface area contributed by atoms with Crippen LogP contribution >= 0.6 is 0 Å². The summed E-state index contributed by atoms with van der Waals surface area (Å²) in [6.07, 6.45) is 4.32. The molecule has 0 aromatic carbocycles. The quantitative estimate of drug-likeness (QED) is 0.679. The van der Waals surface area contributed by atoms with Crippen LogP contribution < -0.4 is 5.32 Å². The van der Waals surface area contributed by atoms with Gasteiger partial charge in [0.25, 0.3) is 0 Å². The van der Waals surface area contributed by atoms with Crippen molar-refractivity contribution in [2.45, 2.75) is 25.3 Å². The number of rotatable bonds is 6. The fraction of sp³-hybridized carbons (Fsp3) is 0.700. The number of likely N-dealkylation sites (N-methyl/N-ethyl adjacent to an activating group) is 1. The van der Waals surface area contributed by atoms with Crippen molar-refractivity contribution < 1.29 is 9.32 Å². The molecular formula is C10H16N4O2. The van der Waals surface area contributed by atoms with Crippen LogP contribution in [0.4, 0.5) is 0 Å². The fourth-order valence-electron chi connectivity index (χ4n) is 1.49. The molecule has 0 bridgehead atoms. The Balaban J connectivity index is 1.58. The van der Waals surface area contributed by atoms with Crippen molar-refractivity contribution in [1.82, 2.24) is 20.4 Å². The van der Waals surface area contributed by atoms with E-state index in [2.05, 4.69) is 15.5 Å². The molecule has 16 heavy (non-hydrogen) atoms. The third-order valence-corrected chi connectivity index (χ3v) is 2.69. The number of nitrogens with zero attached hydrogens (tertiary/aromatic N) is 3. The number of nitrogens with one attached hydrogen (secondary N) is 1. The van der Waals surface area contributed by atoms with Crippen LogP contribution in [-0.4, -0.2) is 47.1 Å². The Labute approximate surface area is 94.0 Å². The molecule has 0 saturated heterocycles. The Bertz CT molecular complexity index is 335. The molecule has 6 nitrogen and oxygen atoms in total. The van der Waals surface area contributed by atoms with Gasteiger partial charge in [-0.05, 0) is 12.8 Å². The van der Waals surface area contributed by atoms with Crippen LogP contribution in [0.25, 0.3) is 0 Å². The van der Waals surface area contributed by atoms with Crippen LogP contribution in [0.1, 0.15) is 18.7 Å². The molecule has 0 aliphatic heterocycles. The van der Waals surface area contributed by atoms with E-state index in [1.165, 1.54) is 6.33 Å². The number of hydrogen-bond acceptors (Lipinski definition) is 5. The van der Waals surface area contributed by atoms with Gasteiger partial charge in [-0.25, -0.2) is 0 Å². The summed E-state index contributed by atoms with van der Waals surface area (Å²) >= 11 is 0. The minimum absolute atomic E-state index is 0.146. The summed E-state index contributed by atoms with van der Waals surface area (Å²) in [7, 11) is 1.86. The predicted octanol–water partition coefficient (Wildman–Crippen LogP) is -0.177. The topological polar surface area (TPSA) is 71.3 Å². The van der Waals surface area contributed by atoms with Crippen LogP contribution in [0.3, 0.4) is 0 Å². The van der Waals surface area contributed by atoms with Gasteiger partial charge in [0.15, 0.2) is 6.33 Å². The van der Waals surface area contributed by atoms with Crippen LogP contribution in [0.2, 0.25) is 0 Å². The first-order chi connectivity index (χ1) is 7.77. The average molecular weight is 224 g/mol. The molecule has 1 heterocycles. The highest BCUT2D eigenvalue weighted by Gasteiger charge is 2.28. The highest BCUT2D eigenvalue weighted by Crippen LogP contribution is 2.24. The molecule has 0 atom stereocenters. The molecule has 1 aliphatic carbocycles. The van der Waals surface area contributed by atoms with E-state index in [0.29, 0.717) is 31.4 Å². The van der Waals surface area contributed by atoms with Crippen LogP contribution in [0, 0.1) is 0 Å². The summed E-state index contributed by atoms with van der Waals surface area (Å²) < 4.78 is 4.84. The molecule has 1 aromatic heterocycles. The van der Waals surface area contributed by atoms with E-state index in [9.17, 15) is 4.79 Å². The second kappa shape index (κ2) is 5.07. The zero-order valence-electron chi connectivity index (χ0n) is 9.35. The van der Waals surface area contributed by atoms with Gasteiger partial charge in [0, 0.05) is 26.1 Å². The SMILES string of the molecule is CN(C(=O)CNCCc1ncno1)C1CC1. The van der Waals surface area contributed by atoms with E-state index in [0.717, 1.165) is 12.8 Å². The highest BCUT2D eigenvalue weighted by atomic mass is 16.5. The standard InChI is InChI=1S/C10H16N4O2/c1-14(8-2-3-8)10(15)6-11-5-4-9-12-7-13-16-9/h7-8,11H,2-6H2,1H3. The second-order valence-corrected chi connectivity index (χ2v) is 4.00. The van der Waals surface area contributed by atoms with Gasteiger partial charge < -0.3 is 14.7 Å². The van der Waals surface area contributed by atoms with Crippen molar-refractivity contribution in [1.29, 1.82) is 0 Å². The number of carbonyl (C=O) groups is 1. The van der Waals surface area contributed by atoms with Crippen molar-refractivity contribution in [2.75, 3.05) is 20.1 Å². The predicted molar refractivity (Wildman–Crippen MR) is 56.7 cm³/mol. The van der Waals surface area contributed by atoms with Gasteiger partial charge in [-0.2, -0.15) is 4.98 Å².